The average molecular weight is 817 g/mol. The maximum atomic E-state index is 4.93. The molecule has 0 heterocycles. The molecule has 4 aromatic carbocycles. The molecular weight excluding hydrogens is 751 g/mol. The first-order valence-electron chi connectivity index (χ1n) is 20.3. The van der Waals surface area contributed by atoms with Crippen molar-refractivity contribution in [3.05, 3.63) is 128 Å². The number of hydrogen-bond acceptors (Lipinski definition) is 0. The second kappa shape index (κ2) is 20.9. The maximum absolute atomic E-state index is 4.93. The van der Waals surface area contributed by atoms with Gasteiger partial charge in [0, 0.05) is 0 Å². The van der Waals surface area contributed by atoms with Gasteiger partial charge in [0.2, 0.25) is 0 Å². The number of aryl methyl sites for hydroxylation is 2. The van der Waals surface area contributed by atoms with E-state index < -0.39 is 20.8 Å². The van der Waals surface area contributed by atoms with Crippen molar-refractivity contribution in [2.75, 3.05) is 0 Å². The molecule has 52 heavy (non-hydrogen) atoms. The molecule has 0 aromatic heterocycles. The van der Waals surface area contributed by atoms with Gasteiger partial charge in [-0.25, -0.2) is 0 Å². The van der Waals surface area contributed by atoms with E-state index in [0.717, 1.165) is 6.42 Å². The van der Waals surface area contributed by atoms with E-state index in [9.17, 15) is 0 Å². The van der Waals surface area contributed by atoms with Crippen LogP contribution >= 0.6 is 17.0 Å². The molecule has 4 aromatic rings. The molecule has 280 valence electrons. The van der Waals surface area contributed by atoms with Gasteiger partial charge >= 0.3 is 37.9 Å². The molecule has 0 aliphatic heterocycles. The molecular formula is C49H66Cl2Zr. The quantitative estimate of drug-likeness (QED) is 0.0931. The Kier molecular flexibility index (Phi) is 17.3. The SMILES string of the molecule is CC(CCCc1ccc2c(c1)Cc1cc(CCCC(C)Cc3cc(C(C)C)ccc3C(C)C)ccc1-2)Cc1cc(C(C)C)ccc1C(C)C.[Cl][Zr][Cl]. The Hall–Kier alpha value is -1.66. The van der Waals surface area contributed by atoms with Crippen molar-refractivity contribution in [2.24, 2.45) is 11.8 Å². The van der Waals surface area contributed by atoms with E-state index in [1.165, 1.54) is 107 Å². The first kappa shape index (κ1) is 43.1. The van der Waals surface area contributed by atoms with E-state index >= 15 is 0 Å². The Morgan fingerprint density at radius 2 is 0.885 bits per heavy atom. The predicted molar refractivity (Wildman–Crippen MR) is 227 cm³/mol. The fourth-order valence-corrected chi connectivity index (χ4v) is 8.34. The van der Waals surface area contributed by atoms with Crippen LogP contribution in [0.25, 0.3) is 11.1 Å². The number of benzene rings is 4. The molecule has 0 radical (unpaired) electrons. The average Bonchev–Trinajstić information content (AvgIpc) is 3.45. The van der Waals surface area contributed by atoms with Crippen LogP contribution in [-0.2, 0) is 53.0 Å². The first-order valence-corrected chi connectivity index (χ1v) is 26.6. The van der Waals surface area contributed by atoms with Gasteiger partial charge in [-0.1, -0.05) is 155 Å². The summed E-state index contributed by atoms with van der Waals surface area (Å²) in [4.78, 5) is 0. The van der Waals surface area contributed by atoms with E-state index in [0.29, 0.717) is 35.5 Å². The van der Waals surface area contributed by atoms with Gasteiger partial charge in [0.1, 0.15) is 0 Å². The van der Waals surface area contributed by atoms with Crippen LogP contribution in [0.4, 0.5) is 0 Å². The van der Waals surface area contributed by atoms with Crippen LogP contribution in [0.5, 0.6) is 0 Å². The normalized spacial score (nSPS) is 13.3. The fraction of sp³-hybridized carbons (Fsp3) is 0.510. The van der Waals surface area contributed by atoms with Crippen molar-refractivity contribution in [3.63, 3.8) is 0 Å². The molecule has 0 fully saturated rings. The van der Waals surface area contributed by atoms with Crippen molar-refractivity contribution in [1.29, 1.82) is 0 Å². The zero-order valence-corrected chi connectivity index (χ0v) is 38.0. The van der Waals surface area contributed by atoms with Crippen LogP contribution in [0.3, 0.4) is 0 Å². The standard InChI is InChI=1S/C49H66.2ClH.Zr/c1-32(2)40-19-23-46(34(5)6)42(29-40)25-36(9)13-11-15-38-17-21-48-44(27-38)31-45-28-39(18-22-49(45)48)16-12-14-37(10)26-43-30-41(33(3)4)20-24-47(43)35(7)8;;;/h17-24,27-30,32-37H,11-16,25-26,31H2,1-10H3;2*1H;/q;;;+2/p-2. The van der Waals surface area contributed by atoms with Crippen molar-refractivity contribution < 1.29 is 20.8 Å². The minimum atomic E-state index is -0.826. The van der Waals surface area contributed by atoms with E-state index in [4.69, 9.17) is 17.0 Å². The summed E-state index contributed by atoms with van der Waals surface area (Å²) in [7, 11) is 9.87. The third kappa shape index (κ3) is 12.2. The summed E-state index contributed by atoms with van der Waals surface area (Å²) in [5.74, 6) is 3.75. The van der Waals surface area contributed by atoms with Gasteiger partial charge in [0.05, 0.1) is 0 Å². The molecule has 0 spiro atoms. The Balaban J connectivity index is 0.00000195. The van der Waals surface area contributed by atoms with E-state index in [2.05, 4.69) is 142 Å². The molecule has 1 aliphatic rings. The van der Waals surface area contributed by atoms with Gasteiger partial charge in [-0.15, -0.1) is 0 Å². The number of halogens is 2. The van der Waals surface area contributed by atoms with Crippen LogP contribution in [-0.4, -0.2) is 0 Å². The van der Waals surface area contributed by atoms with Crippen LogP contribution in [0.2, 0.25) is 0 Å². The van der Waals surface area contributed by atoms with E-state index in [1.807, 2.05) is 0 Å². The predicted octanol–water partition coefficient (Wildman–Crippen LogP) is 15.5. The second-order valence-electron chi connectivity index (χ2n) is 17.2. The summed E-state index contributed by atoms with van der Waals surface area (Å²) in [5, 5.41) is 0. The van der Waals surface area contributed by atoms with Crippen molar-refractivity contribution in [1.82, 2.24) is 0 Å². The Labute approximate surface area is 337 Å². The monoisotopic (exact) mass is 814 g/mol. The number of fused-ring (bicyclic) bond motifs is 3. The van der Waals surface area contributed by atoms with E-state index in [1.54, 1.807) is 11.1 Å². The molecule has 0 saturated heterocycles. The van der Waals surface area contributed by atoms with Gasteiger partial charge in [-0.2, -0.15) is 0 Å². The Morgan fingerprint density at radius 3 is 1.23 bits per heavy atom. The van der Waals surface area contributed by atoms with E-state index in [-0.39, 0.29) is 0 Å². The topological polar surface area (TPSA) is 0 Å². The summed E-state index contributed by atoms with van der Waals surface area (Å²) in [5.41, 5.74) is 18.2. The van der Waals surface area contributed by atoms with Gasteiger partial charge in [-0.05, 0) is 147 Å². The molecule has 0 N–H and O–H groups in total. The minimum absolute atomic E-state index is 0.584. The Bertz CT molecular complexity index is 1590. The van der Waals surface area contributed by atoms with Crippen LogP contribution in [0, 0.1) is 11.8 Å². The molecule has 3 heteroatoms. The third-order valence-electron chi connectivity index (χ3n) is 11.4. The molecule has 0 nitrogen and oxygen atoms in total. The summed E-state index contributed by atoms with van der Waals surface area (Å²) >= 11 is -0.826. The molecule has 5 rings (SSSR count). The van der Waals surface area contributed by atoms with Crippen LogP contribution < -0.4 is 0 Å². The van der Waals surface area contributed by atoms with Gasteiger partial charge in [0.25, 0.3) is 0 Å². The first-order chi connectivity index (χ1) is 24.8. The van der Waals surface area contributed by atoms with Gasteiger partial charge in [0.15, 0.2) is 0 Å². The molecule has 1 aliphatic carbocycles. The van der Waals surface area contributed by atoms with Gasteiger partial charge < -0.3 is 0 Å². The zero-order valence-electron chi connectivity index (χ0n) is 34.0. The number of hydrogen-bond donors (Lipinski definition) is 0. The van der Waals surface area contributed by atoms with Crippen molar-refractivity contribution >= 4 is 17.0 Å². The van der Waals surface area contributed by atoms with Crippen LogP contribution in [0.1, 0.15) is 174 Å². The Morgan fingerprint density at radius 1 is 0.500 bits per heavy atom. The zero-order chi connectivity index (χ0) is 37.9. The molecule has 2 atom stereocenters. The molecule has 2 unspecified atom stereocenters. The second-order valence-corrected chi connectivity index (χ2v) is 20.9. The van der Waals surface area contributed by atoms with Crippen LogP contribution in [0.15, 0.2) is 72.8 Å². The fourth-order valence-electron chi connectivity index (χ4n) is 8.34. The summed E-state index contributed by atoms with van der Waals surface area (Å²) in [6.07, 6.45) is 10.9. The molecule has 0 amide bonds. The summed E-state index contributed by atoms with van der Waals surface area (Å²) in [6.45, 7) is 23.5. The summed E-state index contributed by atoms with van der Waals surface area (Å²) in [6, 6.07) is 29.1. The van der Waals surface area contributed by atoms with Crippen molar-refractivity contribution in [2.45, 2.75) is 151 Å². The molecule has 0 saturated carbocycles. The van der Waals surface area contributed by atoms with Crippen molar-refractivity contribution in [3.8, 4) is 11.1 Å². The summed E-state index contributed by atoms with van der Waals surface area (Å²) < 4.78 is 0. The number of rotatable bonds is 16. The van der Waals surface area contributed by atoms with Gasteiger partial charge in [-0.3, -0.25) is 0 Å². The third-order valence-corrected chi connectivity index (χ3v) is 11.4. The molecule has 0 bridgehead atoms.